The summed E-state index contributed by atoms with van der Waals surface area (Å²) in [5.74, 6) is -0.243. The van der Waals surface area contributed by atoms with Gasteiger partial charge in [-0.1, -0.05) is 57.2 Å². The molecule has 2 aliphatic heterocycles. The molecular weight excluding hydrogens is 793 g/mol. The number of likely N-dealkylation sites (tertiary alicyclic amines) is 1. The van der Waals surface area contributed by atoms with E-state index in [1.54, 1.807) is 24.6 Å². The van der Waals surface area contributed by atoms with Gasteiger partial charge in [0.25, 0.3) is 0 Å². The van der Waals surface area contributed by atoms with Crippen LogP contribution in [0.25, 0.3) is 32.8 Å². The number of amides is 3. The van der Waals surface area contributed by atoms with E-state index in [0.29, 0.717) is 49.1 Å². The lowest BCUT2D eigenvalue weighted by Gasteiger charge is -2.37. The predicted molar refractivity (Wildman–Crippen MR) is 237 cm³/mol. The molecular formula is C45H54N10O5S. The molecule has 3 amide bonds. The Labute approximate surface area is 360 Å². The molecule has 5 N–H and O–H groups in total. The maximum Gasteiger partial charge on any atom is 0.246 e. The number of aliphatic hydroxyl groups is 1. The van der Waals surface area contributed by atoms with Crippen LogP contribution in [0.1, 0.15) is 51.4 Å². The normalized spacial score (nSPS) is 18.1. The Kier molecular flexibility index (Phi) is 13.0. The van der Waals surface area contributed by atoms with Crippen molar-refractivity contribution in [1.82, 2.24) is 40.6 Å². The predicted octanol–water partition coefficient (Wildman–Crippen LogP) is 4.72. The van der Waals surface area contributed by atoms with Gasteiger partial charge >= 0.3 is 0 Å². The summed E-state index contributed by atoms with van der Waals surface area (Å²) in [5, 5.41) is 25.2. The number of methoxy groups -OCH3 is 1. The summed E-state index contributed by atoms with van der Waals surface area (Å²) in [6, 6.07) is 19.6. The fourth-order valence-corrected chi connectivity index (χ4v) is 8.77. The summed E-state index contributed by atoms with van der Waals surface area (Å²) in [6.07, 6.45) is 0.910. The van der Waals surface area contributed by atoms with Crippen LogP contribution in [0.2, 0.25) is 0 Å². The maximum absolute atomic E-state index is 14.2. The molecule has 0 bridgehead atoms. The summed E-state index contributed by atoms with van der Waals surface area (Å²) in [5.41, 5.74) is 14.4. The van der Waals surface area contributed by atoms with Gasteiger partial charge in [-0.25, -0.2) is 9.97 Å². The lowest BCUT2D eigenvalue weighted by atomic mass is 9.85. The topological polar surface area (TPSA) is 192 Å². The lowest BCUT2D eigenvalue weighted by Crippen LogP contribution is -2.59. The number of aryl methyl sites for hydroxylation is 1. The lowest BCUT2D eigenvalue weighted by molar-refractivity contribution is -0.144. The third kappa shape index (κ3) is 9.82. The van der Waals surface area contributed by atoms with Crippen LogP contribution < -0.4 is 26.0 Å². The number of carbonyl (C=O) groups excluding carboxylic acids is 3. The minimum absolute atomic E-state index is 0.00802. The summed E-state index contributed by atoms with van der Waals surface area (Å²) < 4.78 is 5.41. The number of piperazine rings is 1. The molecule has 2 aliphatic rings. The highest BCUT2D eigenvalue weighted by molar-refractivity contribution is 7.13. The molecule has 2 fully saturated rings. The van der Waals surface area contributed by atoms with Gasteiger partial charge in [0, 0.05) is 56.6 Å². The van der Waals surface area contributed by atoms with Crippen LogP contribution in [0.3, 0.4) is 0 Å². The number of ether oxygens (including phenoxy) is 1. The van der Waals surface area contributed by atoms with Crippen molar-refractivity contribution < 1.29 is 24.2 Å². The molecule has 0 spiro atoms. The Hall–Kier alpha value is -5.97. The molecule has 7 rings (SSSR count). The van der Waals surface area contributed by atoms with Gasteiger partial charge < -0.3 is 36.0 Å². The van der Waals surface area contributed by atoms with E-state index in [1.807, 2.05) is 107 Å². The number of nitrogens with zero attached hydrogens (tertiary/aromatic N) is 7. The molecule has 5 aromatic rings. The first-order valence-electron chi connectivity index (χ1n) is 20.5. The molecule has 5 heterocycles. The Morgan fingerprint density at radius 3 is 2.31 bits per heavy atom. The largest absolute Gasteiger partial charge is 0.481 e. The number of hydrogen-bond acceptors (Lipinski definition) is 13. The summed E-state index contributed by atoms with van der Waals surface area (Å²) in [6.45, 7) is 12.4. The quantitative estimate of drug-likeness (QED) is 0.135. The molecule has 0 saturated carbocycles. The summed E-state index contributed by atoms with van der Waals surface area (Å²) in [7, 11) is 1.56. The van der Waals surface area contributed by atoms with Gasteiger partial charge in [-0.05, 0) is 66.3 Å². The first kappa shape index (κ1) is 43.1. The maximum atomic E-state index is 14.2. The highest BCUT2D eigenvalue weighted by atomic mass is 32.1. The van der Waals surface area contributed by atoms with Crippen LogP contribution in [-0.2, 0) is 14.4 Å². The van der Waals surface area contributed by atoms with Crippen molar-refractivity contribution in [2.24, 2.45) is 5.41 Å². The second-order valence-corrected chi connectivity index (χ2v) is 17.6. The third-order valence-electron chi connectivity index (χ3n) is 11.4. The van der Waals surface area contributed by atoms with Gasteiger partial charge in [0.15, 0.2) is 5.82 Å². The molecule has 3 aromatic heterocycles. The molecule has 0 unspecified atom stereocenters. The molecule has 0 radical (unpaired) electrons. The Bertz CT molecular complexity index is 2340. The summed E-state index contributed by atoms with van der Waals surface area (Å²) in [4.78, 5) is 57.0. The number of aliphatic hydroxyl groups excluding tert-OH is 1. The molecule has 61 heavy (non-hydrogen) atoms. The number of rotatable bonds is 12. The van der Waals surface area contributed by atoms with Gasteiger partial charge in [0.05, 0.1) is 53.1 Å². The van der Waals surface area contributed by atoms with Crippen molar-refractivity contribution in [1.29, 1.82) is 0 Å². The zero-order valence-corrected chi connectivity index (χ0v) is 36.3. The monoisotopic (exact) mass is 846 g/mol. The van der Waals surface area contributed by atoms with E-state index < -0.39 is 23.6 Å². The number of thiazole rings is 1. The number of aromatic nitrogens is 4. The fourth-order valence-electron chi connectivity index (χ4n) is 7.95. The van der Waals surface area contributed by atoms with Gasteiger partial charge in [-0.3, -0.25) is 19.3 Å². The van der Waals surface area contributed by atoms with E-state index in [-0.39, 0.29) is 43.3 Å². The van der Waals surface area contributed by atoms with E-state index >= 15 is 0 Å². The Morgan fingerprint density at radius 1 is 0.951 bits per heavy atom. The molecule has 2 aromatic carbocycles. The van der Waals surface area contributed by atoms with Crippen molar-refractivity contribution in [3.05, 3.63) is 89.7 Å². The minimum atomic E-state index is -0.910. The van der Waals surface area contributed by atoms with E-state index in [1.165, 1.54) is 4.90 Å². The highest BCUT2D eigenvalue weighted by Crippen LogP contribution is 2.33. The smallest absolute Gasteiger partial charge is 0.246 e. The first-order valence-corrected chi connectivity index (χ1v) is 21.4. The number of benzene rings is 2. The van der Waals surface area contributed by atoms with E-state index in [4.69, 9.17) is 10.5 Å². The van der Waals surface area contributed by atoms with Gasteiger partial charge in [-0.15, -0.1) is 21.5 Å². The van der Waals surface area contributed by atoms with Gasteiger partial charge in [0.1, 0.15) is 12.1 Å². The summed E-state index contributed by atoms with van der Waals surface area (Å²) >= 11 is 1.58. The van der Waals surface area contributed by atoms with Crippen LogP contribution in [0.4, 0.5) is 11.5 Å². The molecule has 2 saturated heterocycles. The van der Waals surface area contributed by atoms with E-state index in [0.717, 1.165) is 38.5 Å². The third-order valence-corrected chi connectivity index (χ3v) is 12.4. The van der Waals surface area contributed by atoms with E-state index in [2.05, 4.69) is 40.6 Å². The van der Waals surface area contributed by atoms with Crippen molar-refractivity contribution in [3.63, 3.8) is 0 Å². The standard InChI is InChI=1S/C45H54N10O5S/c1-27(29-9-11-31(12-10-29)39-28(2)48-26-61-39)49-42(58)37-22-33(56)24-55(37)44(59)40(45(3,4)5)50-38(57)25-53-18-20-54(21-19-53)32-15-13-30(14-16-32)35-23-36(51-52-41(35)46)34-8-7-17-47-43(34)60-6/h7-17,23,26-27,33,37,40,56H,18-22,24-25H2,1-6H3,(H2,46,52)(H,49,58)(H,50,57)/t27-,33+,37-,40+/m0/s1. The van der Waals surface area contributed by atoms with Crippen molar-refractivity contribution in [2.45, 2.75) is 65.3 Å². The number of nitrogens with two attached hydrogens (primary N) is 1. The fraction of sp³-hybridized carbons (Fsp3) is 0.400. The van der Waals surface area contributed by atoms with Crippen LogP contribution >= 0.6 is 11.3 Å². The van der Waals surface area contributed by atoms with Crippen LogP contribution in [-0.4, -0.2) is 117 Å². The number of β-amino-alcohol motifs (C(OH)–C–C–N with tert-alkyl or cyclic N) is 1. The van der Waals surface area contributed by atoms with Crippen LogP contribution in [0.15, 0.2) is 78.4 Å². The number of anilines is 2. The molecule has 4 atom stereocenters. The van der Waals surface area contributed by atoms with Crippen molar-refractivity contribution >= 4 is 40.6 Å². The zero-order valence-electron chi connectivity index (χ0n) is 35.5. The molecule has 0 aliphatic carbocycles. The van der Waals surface area contributed by atoms with Crippen LogP contribution in [0.5, 0.6) is 5.88 Å². The van der Waals surface area contributed by atoms with Crippen LogP contribution in [0, 0.1) is 12.3 Å². The van der Waals surface area contributed by atoms with Gasteiger partial charge in [-0.2, -0.15) is 0 Å². The van der Waals surface area contributed by atoms with Crippen molar-refractivity contribution in [3.8, 4) is 38.7 Å². The number of hydrogen-bond donors (Lipinski definition) is 4. The van der Waals surface area contributed by atoms with Gasteiger partial charge in [0.2, 0.25) is 23.6 Å². The number of nitrogens with one attached hydrogen (secondary N) is 2. The van der Waals surface area contributed by atoms with E-state index in [9.17, 15) is 19.5 Å². The molecule has 15 nitrogen and oxygen atoms in total. The minimum Gasteiger partial charge on any atom is -0.481 e. The van der Waals surface area contributed by atoms with Crippen molar-refractivity contribution in [2.75, 3.05) is 57.0 Å². The Morgan fingerprint density at radius 2 is 1.66 bits per heavy atom. The molecule has 16 heteroatoms. The second-order valence-electron chi connectivity index (χ2n) is 16.8. The first-order chi connectivity index (χ1) is 29.2. The number of nitrogen functional groups attached to an aromatic ring is 1. The SMILES string of the molecule is COc1ncccc1-c1cc(-c2ccc(N3CCN(CC(=O)N[C@H](C(=O)N4C[C@H](O)C[C@H]4C(=O)N[C@@H](C)c4ccc(-c5scnc5C)cc4)C(C)(C)C)CC3)cc2)c(N)nn1. The average molecular weight is 847 g/mol. The number of pyridine rings is 1. The molecule has 320 valence electrons. The second kappa shape index (κ2) is 18.3. The zero-order chi connectivity index (χ0) is 43.4. The highest BCUT2D eigenvalue weighted by Gasteiger charge is 2.45. The average Bonchev–Trinajstić information content (AvgIpc) is 3.87. The Balaban J connectivity index is 0.933. The number of carbonyl (C=O) groups is 3.